The maximum Gasteiger partial charge on any atom is 0.0991 e. The summed E-state index contributed by atoms with van der Waals surface area (Å²) >= 11 is 0. The van der Waals surface area contributed by atoms with Crippen LogP contribution in [-0.2, 0) is 4.74 Å². The third-order valence-electron chi connectivity index (χ3n) is 3.95. The van der Waals surface area contributed by atoms with E-state index in [-0.39, 0.29) is 0 Å². The van der Waals surface area contributed by atoms with Crippen LogP contribution in [0.4, 0.5) is 0 Å². The normalized spacial score (nSPS) is 15.1. The topological polar surface area (TPSA) is 33.0 Å². The number of benzene rings is 2. The number of nitrogens with zero attached hydrogens (tertiary/aromatic N) is 1. The molecule has 1 fully saturated rings. The highest BCUT2D eigenvalue weighted by atomic mass is 16.5. The Morgan fingerprint density at radius 1 is 0.652 bits per heavy atom. The second-order valence-electron chi connectivity index (χ2n) is 5.79. The lowest BCUT2D eigenvalue weighted by Crippen LogP contribution is -1.94. The molecule has 0 unspecified atom stereocenters. The van der Waals surface area contributed by atoms with E-state index in [0.29, 0.717) is 5.56 Å². The summed E-state index contributed by atoms with van der Waals surface area (Å²) in [6.45, 7) is 2.00. The zero-order chi connectivity index (χ0) is 16.2. The molecule has 0 saturated carbocycles. The third-order valence-corrected chi connectivity index (χ3v) is 3.95. The molecular weight excluding hydrogens is 282 g/mol. The standard InChI is InChI=1S/C13H9N.C8H16O/c14-10-11-6-8-13(9-7-11)12-4-2-1-3-5-12;1-2-4-6-8-9-7-5-3-1/h1-9H;1-8H2. The summed E-state index contributed by atoms with van der Waals surface area (Å²) in [7, 11) is 0. The van der Waals surface area contributed by atoms with Gasteiger partial charge in [-0.25, -0.2) is 0 Å². The van der Waals surface area contributed by atoms with E-state index in [4.69, 9.17) is 10.00 Å². The van der Waals surface area contributed by atoms with Gasteiger partial charge in [-0.2, -0.15) is 5.26 Å². The molecule has 0 amide bonds. The number of hydrogen-bond acceptors (Lipinski definition) is 2. The van der Waals surface area contributed by atoms with Crippen molar-refractivity contribution in [1.29, 1.82) is 5.26 Å². The number of nitriles is 1. The second kappa shape index (κ2) is 10.6. The molecule has 1 aliphatic rings. The summed E-state index contributed by atoms with van der Waals surface area (Å²) in [4.78, 5) is 0. The smallest absolute Gasteiger partial charge is 0.0991 e. The maximum absolute atomic E-state index is 8.65. The van der Waals surface area contributed by atoms with E-state index in [1.165, 1.54) is 44.1 Å². The fourth-order valence-corrected chi connectivity index (χ4v) is 2.59. The van der Waals surface area contributed by atoms with Crippen LogP contribution in [0.3, 0.4) is 0 Å². The Morgan fingerprint density at radius 3 is 1.74 bits per heavy atom. The SMILES string of the molecule is C1CCCCOCCC1.N#Cc1ccc(-c2ccccc2)cc1. The average molecular weight is 307 g/mol. The molecule has 3 rings (SSSR count). The summed E-state index contributed by atoms with van der Waals surface area (Å²) < 4.78 is 5.35. The first-order chi connectivity index (χ1) is 11.4. The lowest BCUT2D eigenvalue weighted by Gasteiger charge is -1.99. The molecule has 2 aromatic carbocycles. The highest BCUT2D eigenvalue weighted by Gasteiger charge is 1.96. The highest BCUT2D eigenvalue weighted by Crippen LogP contribution is 2.18. The number of ether oxygens (including phenoxy) is 1. The molecule has 1 saturated heterocycles. The molecule has 0 atom stereocenters. The Morgan fingerprint density at radius 2 is 1.17 bits per heavy atom. The summed E-state index contributed by atoms with van der Waals surface area (Å²) in [5.41, 5.74) is 3.02. The first kappa shape index (κ1) is 17.2. The van der Waals surface area contributed by atoms with E-state index in [1.54, 1.807) is 0 Å². The predicted molar refractivity (Wildman–Crippen MR) is 95.1 cm³/mol. The van der Waals surface area contributed by atoms with Crippen LogP contribution in [0.25, 0.3) is 11.1 Å². The summed E-state index contributed by atoms with van der Waals surface area (Å²) in [6.07, 6.45) is 8.15. The third kappa shape index (κ3) is 6.67. The largest absolute Gasteiger partial charge is 0.381 e. The molecule has 2 heteroatoms. The van der Waals surface area contributed by atoms with E-state index < -0.39 is 0 Å². The minimum atomic E-state index is 0.699. The molecule has 23 heavy (non-hydrogen) atoms. The summed E-state index contributed by atoms with van der Waals surface area (Å²) in [5, 5.41) is 8.65. The Bertz CT molecular complexity index is 555. The van der Waals surface area contributed by atoms with E-state index in [1.807, 2.05) is 42.5 Å². The van der Waals surface area contributed by atoms with Crippen LogP contribution < -0.4 is 0 Å². The molecule has 1 heterocycles. The Hall–Kier alpha value is -2.11. The summed E-state index contributed by atoms with van der Waals surface area (Å²) in [5.74, 6) is 0. The minimum absolute atomic E-state index is 0.699. The molecule has 0 aromatic heterocycles. The van der Waals surface area contributed by atoms with Crippen molar-refractivity contribution >= 4 is 0 Å². The van der Waals surface area contributed by atoms with E-state index in [0.717, 1.165) is 18.8 Å². The number of hydrogen-bond donors (Lipinski definition) is 0. The van der Waals surface area contributed by atoms with Gasteiger partial charge in [0.15, 0.2) is 0 Å². The van der Waals surface area contributed by atoms with Crippen LogP contribution in [0.5, 0.6) is 0 Å². The molecule has 0 bridgehead atoms. The van der Waals surface area contributed by atoms with Gasteiger partial charge in [-0.3, -0.25) is 0 Å². The first-order valence-corrected chi connectivity index (χ1v) is 8.53. The first-order valence-electron chi connectivity index (χ1n) is 8.53. The highest BCUT2D eigenvalue weighted by molar-refractivity contribution is 5.63. The van der Waals surface area contributed by atoms with Crippen LogP contribution in [0.1, 0.15) is 44.1 Å². The fraction of sp³-hybridized carbons (Fsp3) is 0.381. The Labute approximate surface area is 139 Å². The lowest BCUT2D eigenvalue weighted by atomic mass is 10.0. The molecule has 1 aliphatic heterocycles. The molecule has 0 spiro atoms. The average Bonchev–Trinajstić information content (AvgIpc) is 2.79. The second-order valence-corrected chi connectivity index (χ2v) is 5.79. The van der Waals surface area contributed by atoms with Crippen LogP contribution in [0, 0.1) is 11.3 Å². The van der Waals surface area contributed by atoms with E-state index in [9.17, 15) is 0 Å². The van der Waals surface area contributed by atoms with E-state index in [2.05, 4.69) is 18.2 Å². The fourth-order valence-electron chi connectivity index (χ4n) is 2.59. The zero-order valence-electron chi connectivity index (χ0n) is 13.7. The monoisotopic (exact) mass is 307 g/mol. The minimum Gasteiger partial charge on any atom is -0.381 e. The zero-order valence-corrected chi connectivity index (χ0v) is 13.7. The van der Waals surface area contributed by atoms with Gasteiger partial charge >= 0.3 is 0 Å². The molecule has 120 valence electrons. The van der Waals surface area contributed by atoms with Crippen molar-refractivity contribution in [2.45, 2.75) is 38.5 Å². The molecule has 0 aliphatic carbocycles. The van der Waals surface area contributed by atoms with Gasteiger partial charge < -0.3 is 4.74 Å². The van der Waals surface area contributed by atoms with Crippen LogP contribution in [-0.4, -0.2) is 13.2 Å². The van der Waals surface area contributed by atoms with Gasteiger partial charge in [-0.15, -0.1) is 0 Å². The van der Waals surface area contributed by atoms with Crippen molar-refractivity contribution in [3.63, 3.8) is 0 Å². The van der Waals surface area contributed by atoms with Crippen molar-refractivity contribution in [2.24, 2.45) is 0 Å². The van der Waals surface area contributed by atoms with Gasteiger partial charge in [0.25, 0.3) is 0 Å². The number of rotatable bonds is 1. The Balaban J connectivity index is 0.000000185. The van der Waals surface area contributed by atoms with Crippen molar-refractivity contribution in [1.82, 2.24) is 0 Å². The molecule has 2 nitrogen and oxygen atoms in total. The molecule has 2 aromatic rings. The Kier molecular flexibility index (Phi) is 7.94. The predicted octanol–water partition coefficient (Wildman–Crippen LogP) is 5.58. The van der Waals surface area contributed by atoms with E-state index >= 15 is 0 Å². The molecule has 0 N–H and O–H groups in total. The quantitative estimate of drug-likeness (QED) is 0.688. The van der Waals surface area contributed by atoms with Gasteiger partial charge in [0, 0.05) is 13.2 Å². The van der Waals surface area contributed by atoms with Crippen LogP contribution in [0.15, 0.2) is 54.6 Å². The molecule has 0 radical (unpaired) electrons. The summed E-state index contributed by atoms with van der Waals surface area (Å²) in [6, 6.07) is 19.8. The van der Waals surface area contributed by atoms with Crippen molar-refractivity contribution in [3.05, 3.63) is 60.2 Å². The van der Waals surface area contributed by atoms with Crippen LogP contribution >= 0.6 is 0 Å². The van der Waals surface area contributed by atoms with Gasteiger partial charge in [0.1, 0.15) is 0 Å². The van der Waals surface area contributed by atoms with Gasteiger partial charge in [0.2, 0.25) is 0 Å². The van der Waals surface area contributed by atoms with Crippen molar-refractivity contribution < 1.29 is 4.74 Å². The van der Waals surface area contributed by atoms with Gasteiger partial charge in [0.05, 0.1) is 11.6 Å². The lowest BCUT2D eigenvalue weighted by molar-refractivity contribution is 0.131. The van der Waals surface area contributed by atoms with Crippen molar-refractivity contribution in [2.75, 3.05) is 13.2 Å². The van der Waals surface area contributed by atoms with Crippen molar-refractivity contribution in [3.8, 4) is 17.2 Å². The molecular formula is C21H25NO. The van der Waals surface area contributed by atoms with Crippen LogP contribution in [0.2, 0.25) is 0 Å². The maximum atomic E-state index is 8.65. The van der Waals surface area contributed by atoms with Gasteiger partial charge in [-0.05, 0) is 36.1 Å². The van der Waals surface area contributed by atoms with Gasteiger partial charge in [-0.1, -0.05) is 68.1 Å².